The minimum atomic E-state index is -0.960. The number of rotatable bonds is 4. The lowest BCUT2D eigenvalue weighted by atomic mass is 9.69. The molecule has 0 amide bonds. The van der Waals surface area contributed by atoms with Crippen molar-refractivity contribution in [2.24, 2.45) is 0 Å². The third-order valence-corrected chi connectivity index (χ3v) is 4.52. The van der Waals surface area contributed by atoms with Crippen molar-refractivity contribution >= 4 is 17.8 Å². The summed E-state index contributed by atoms with van der Waals surface area (Å²) in [4.78, 5) is 25.0. The largest absolute Gasteiger partial charge is 0.468 e. The predicted molar refractivity (Wildman–Crippen MR) is 97.9 cm³/mol. The van der Waals surface area contributed by atoms with Crippen molar-refractivity contribution in [2.75, 3.05) is 7.11 Å². The van der Waals surface area contributed by atoms with Gasteiger partial charge in [0.05, 0.1) is 7.11 Å². The number of carbonyl (C=O) groups excluding carboxylic acids is 2. The van der Waals surface area contributed by atoms with E-state index in [1.807, 2.05) is 72.8 Å². The van der Waals surface area contributed by atoms with Gasteiger partial charge in [-0.2, -0.15) is 0 Å². The summed E-state index contributed by atoms with van der Waals surface area (Å²) in [6, 6.07) is 19.3. The molecule has 25 heavy (non-hydrogen) atoms. The number of esters is 1. The monoisotopic (exact) mass is 332 g/mol. The number of hydrogen-bond acceptors (Lipinski definition) is 3. The van der Waals surface area contributed by atoms with E-state index in [9.17, 15) is 9.59 Å². The highest BCUT2D eigenvalue weighted by Crippen LogP contribution is 2.40. The smallest absolute Gasteiger partial charge is 0.317 e. The van der Waals surface area contributed by atoms with E-state index >= 15 is 0 Å². The van der Waals surface area contributed by atoms with E-state index in [-0.39, 0.29) is 18.2 Å². The second-order valence-corrected chi connectivity index (χ2v) is 6.22. The molecule has 2 aromatic rings. The van der Waals surface area contributed by atoms with Crippen molar-refractivity contribution in [3.05, 3.63) is 89.5 Å². The molecule has 3 heteroatoms. The molecule has 1 atom stereocenters. The molecule has 0 saturated carbocycles. The fourth-order valence-electron chi connectivity index (χ4n) is 3.31. The molecule has 1 unspecified atom stereocenters. The molecule has 0 heterocycles. The zero-order chi connectivity index (χ0) is 17.7. The van der Waals surface area contributed by atoms with E-state index < -0.39 is 5.41 Å². The summed E-state index contributed by atoms with van der Waals surface area (Å²) in [5, 5.41) is 0. The second kappa shape index (κ2) is 7.31. The highest BCUT2D eigenvalue weighted by atomic mass is 16.5. The zero-order valence-corrected chi connectivity index (χ0v) is 14.1. The van der Waals surface area contributed by atoms with Crippen molar-refractivity contribution in [3.8, 4) is 0 Å². The molecule has 126 valence electrons. The first-order valence-electron chi connectivity index (χ1n) is 8.24. The molecule has 0 spiro atoms. The summed E-state index contributed by atoms with van der Waals surface area (Å²) in [6.45, 7) is 0. The van der Waals surface area contributed by atoms with Gasteiger partial charge in [-0.25, -0.2) is 0 Å². The van der Waals surface area contributed by atoms with Crippen LogP contribution in [0.15, 0.2) is 78.4 Å². The number of benzene rings is 2. The Kier molecular flexibility index (Phi) is 4.94. The van der Waals surface area contributed by atoms with Crippen molar-refractivity contribution in [1.29, 1.82) is 0 Å². The van der Waals surface area contributed by atoms with E-state index in [0.29, 0.717) is 6.42 Å². The molecule has 0 fully saturated rings. The number of hydrogen-bond donors (Lipinski definition) is 0. The Morgan fingerprint density at radius 2 is 1.60 bits per heavy atom. The van der Waals surface area contributed by atoms with Gasteiger partial charge < -0.3 is 4.74 Å². The molecular formula is C22H20O3. The number of carbonyl (C=O) groups is 2. The Morgan fingerprint density at radius 1 is 0.960 bits per heavy atom. The number of ether oxygens (including phenoxy) is 1. The highest BCUT2D eigenvalue weighted by molar-refractivity contribution is 5.99. The maximum Gasteiger partial charge on any atom is 0.317 e. The van der Waals surface area contributed by atoms with E-state index in [0.717, 1.165) is 16.7 Å². The first kappa shape index (κ1) is 16.9. The fourth-order valence-corrected chi connectivity index (χ4v) is 3.31. The van der Waals surface area contributed by atoms with Gasteiger partial charge in [0.1, 0.15) is 5.41 Å². The average Bonchev–Trinajstić information content (AvgIpc) is 2.66. The lowest BCUT2D eigenvalue weighted by Crippen LogP contribution is -2.41. The summed E-state index contributed by atoms with van der Waals surface area (Å²) in [6.07, 6.45) is 6.07. The van der Waals surface area contributed by atoms with Crippen molar-refractivity contribution < 1.29 is 14.3 Å². The normalized spacial score (nSPS) is 20.4. The molecule has 0 bridgehead atoms. The van der Waals surface area contributed by atoms with Gasteiger partial charge >= 0.3 is 5.97 Å². The van der Waals surface area contributed by atoms with Gasteiger partial charge in [0, 0.05) is 6.42 Å². The molecule has 0 aliphatic heterocycles. The summed E-state index contributed by atoms with van der Waals surface area (Å²) in [7, 11) is 1.37. The molecule has 0 N–H and O–H groups in total. The molecule has 0 radical (unpaired) electrons. The van der Waals surface area contributed by atoms with E-state index in [4.69, 9.17) is 4.74 Å². The number of ketones is 1. The molecule has 1 aliphatic carbocycles. The summed E-state index contributed by atoms with van der Waals surface area (Å²) in [5.74, 6) is -0.432. The molecule has 1 aliphatic rings. The van der Waals surface area contributed by atoms with Crippen LogP contribution in [0.1, 0.15) is 24.0 Å². The Bertz CT molecular complexity index is 819. The van der Waals surface area contributed by atoms with Crippen LogP contribution in [0.4, 0.5) is 0 Å². The molecule has 0 aromatic heterocycles. The lowest BCUT2D eigenvalue weighted by Gasteiger charge is -2.33. The van der Waals surface area contributed by atoms with Crippen LogP contribution < -0.4 is 0 Å². The Morgan fingerprint density at radius 3 is 2.24 bits per heavy atom. The minimum Gasteiger partial charge on any atom is -0.468 e. The van der Waals surface area contributed by atoms with Gasteiger partial charge in [-0.1, -0.05) is 72.8 Å². The van der Waals surface area contributed by atoms with Crippen LogP contribution in [-0.2, 0) is 19.7 Å². The highest BCUT2D eigenvalue weighted by Gasteiger charge is 2.45. The zero-order valence-electron chi connectivity index (χ0n) is 14.1. The van der Waals surface area contributed by atoms with Crippen molar-refractivity contribution in [3.63, 3.8) is 0 Å². The minimum absolute atomic E-state index is 0.0618. The molecule has 0 saturated heterocycles. The van der Waals surface area contributed by atoms with Crippen LogP contribution in [0, 0.1) is 0 Å². The SMILES string of the molecule is COC(=O)C1(c2ccccc2)CC(=O)C=C(/C=C/c2ccccc2)C1. The summed E-state index contributed by atoms with van der Waals surface area (Å²) >= 11 is 0. The van der Waals surface area contributed by atoms with Crippen molar-refractivity contribution in [1.82, 2.24) is 0 Å². The van der Waals surface area contributed by atoms with Gasteiger partial charge in [-0.05, 0) is 29.2 Å². The van der Waals surface area contributed by atoms with Crippen LogP contribution in [-0.4, -0.2) is 18.9 Å². The lowest BCUT2D eigenvalue weighted by molar-refractivity contribution is -0.149. The molecule has 3 rings (SSSR count). The number of methoxy groups -OCH3 is 1. The van der Waals surface area contributed by atoms with Crippen LogP contribution in [0.25, 0.3) is 6.08 Å². The van der Waals surface area contributed by atoms with Crippen molar-refractivity contribution in [2.45, 2.75) is 18.3 Å². The first-order valence-corrected chi connectivity index (χ1v) is 8.24. The Hall–Kier alpha value is -2.94. The molecular weight excluding hydrogens is 312 g/mol. The fraction of sp³-hybridized carbons (Fsp3) is 0.182. The first-order chi connectivity index (χ1) is 12.1. The summed E-state index contributed by atoms with van der Waals surface area (Å²) < 4.78 is 5.06. The van der Waals surface area contributed by atoms with Crippen LogP contribution >= 0.6 is 0 Å². The van der Waals surface area contributed by atoms with Gasteiger partial charge in [-0.3, -0.25) is 9.59 Å². The summed E-state index contributed by atoms with van der Waals surface area (Å²) in [5.41, 5.74) is 1.73. The molecule has 2 aromatic carbocycles. The van der Waals surface area contributed by atoms with Gasteiger partial charge in [0.2, 0.25) is 0 Å². The Balaban J connectivity index is 1.96. The Labute approximate surface area is 147 Å². The average molecular weight is 332 g/mol. The van der Waals surface area contributed by atoms with Gasteiger partial charge in [0.15, 0.2) is 5.78 Å². The quantitative estimate of drug-likeness (QED) is 0.792. The molecule has 3 nitrogen and oxygen atoms in total. The maximum atomic E-state index is 12.6. The van der Waals surface area contributed by atoms with E-state index in [2.05, 4.69) is 0 Å². The second-order valence-electron chi connectivity index (χ2n) is 6.22. The third kappa shape index (κ3) is 3.61. The predicted octanol–water partition coefficient (Wildman–Crippen LogP) is 4.10. The maximum absolute atomic E-state index is 12.6. The third-order valence-electron chi connectivity index (χ3n) is 4.52. The van der Waals surface area contributed by atoms with E-state index in [1.165, 1.54) is 7.11 Å². The standard InChI is InChI=1S/C22H20O3/c1-25-21(24)22(19-10-6-3-7-11-19)15-18(14-20(23)16-22)13-12-17-8-4-2-5-9-17/h2-14H,15-16H2,1H3/b13-12+. The van der Waals surface area contributed by atoms with Crippen LogP contribution in [0.2, 0.25) is 0 Å². The van der Waals surface area contributed by atoms with Gasteiger partial charge in [0.25, 0.3) is 0 Å². The van der Waals surface area contributed by atoms with E-state index in [1.54, 1.807) is 6.08 Å². The van der Waals surface area contributed by atoms with Crippen LogP contribution in [0.5, 0.6) is 0 Å². The topological polar surface area (TPSA) is 43.4 Å². The van der Waals surface area contributed by atoms with Crippen LogP contribution in [0.3, 0.4) is 0 Å². The number of allylic oxidation sites excluding steroid dienone is 3. The van der Waals surface area contributed by atoms with Gasteiger partial charge in [-0.15, -0.1) is 0 Å².